The summed E-state index contributed by atoms with van der Waals surface area (Å²) in [6.45, 7) is 8.99. The molecular formula is C18H24OSi. The van der Waals surface area contributed by atoms with Gasteiger partial charge < -0.3 is 4.74 Å². The molecule has 0 bridgehead atoms. The third kappa shape index (κ3) is 2.66. The lowest BCUT2D eigenvalue weighted by Crippen LogP contribution is -2.50. The first-order valence-corrected chi connectivity index (χ1v) is 9.95. The van der Waals surface area contributed by atoms with Crippen LogP contribution in [0.3, 0.4) is 0 Å². The number of para-hydroxylation sites is 1. The van der Waals surface area contributed by atoms with Crippen LogP contribution in [0.2, 0.25) is 17.6 Å². The maximum atomic E-state index is 5.92. The monoisotopic (exact) mass is 284 g/mol. The Balaban J connectivity index is 2.46. The Labute approximate surface area is 123 Å². The van der Waals surface area contributed by atoms with E-state index < -0.39 is 8.07 Å². The highest BCUT2D eigenvalue weighted by Gasteiger charge is 2.39. The van der Waals surface area contributed by atoms with E-state index in [1.807, 2.05) is 6.08 Å². The lowest BCUT2D eigenvalue weighted by Gasteiger charge is -2.35. The zero-order valence-electron chi connectivity index (χ0n) is 12.5. The molecule has 1 aliphatic rings. The molecule has 0 saturated heterocycles. The predicted octanol–water partition coefficient (Wildman–Crippen LogP) is 4.44. The largest absolute Gasteiger partial charge is 0.490 e. The van der Waals surface area contributed by atoms with Crippen LogP contribution in [0.25, 0.3) is 0 Å². The van der Waals surface area contributed by atoms with Gasteiger partial charge in [-0.3, -0.25) is 0 Å². The molecule has 0 spiro atoms. The van der Waals surface area contributed by atoms with Crippen molar-refractivity contribution in [1.82, 2.24) is 0 Å². The lowest BCUT2D eigenvalue weighted by molar-refractivity contribution is 0.366. The summed E-state index contributed by atoms with van der Waals surface area (Å²) < 4.78 is 5.92. The van der Waals surface area contributed by atoms with E-state index in [9.17, 15) is 0 Å². The highest BCUT2D eigenvalue weighted by Crippen LogP contribution is 2.36. The van der Waals surface area contributed by atoms with Crippen molar-refractivity contribution in [2.24, 2.45) is 0 Å². The van der Waals surface area contributed by atoms with Gasteiger partial charge in [0, 0.05) is 0 Å². The van der Waals surface area contributed by atoms with Crippen LogP contribution in [0, 0.1) is 0 Å². The number of rotatable bonds is 7. The minimum atomic E-state index is -1.61. The van der Waals surface area contributed by atoms with Gasteiger partial charge in [-0.1, -0.05) is 81.1 Å². The van der Waals surface area contributed by atoms with Gasteiger partial charge in [0.05, 0.1) is 0 Å². The van der Waals surface area contributed by atoms with Crippen molar-refractivity contribution in [2.45, 2.75) is 31.5 Å². The molecule has 0 heterocycles. The smallest absolute Gasteiger partial charge is 0.119 e. The van der Waals surface area contributed by atoms with Crippen molar-refractivity contribution in [2.75, 3.05) is 6.61 Å². The van der Waals surface area contributed by atoms with Crippen LogP contribution in [-0.4, -0.2) is 14.7 Å². The van der Waals surface area contributed by atoms with E-state index in [1.165, 1.54) is 17.3 Å². The number of hydrogen-bond donors (Lipinski definition) is 0. The molecule has 1 nitrogen and oxygen atoms in total. The third-order valence-electron chi connectivity index (χ3n) is 4.43. The summed E-state index contributed by atoms with van der Waals surface area (Å²) in [5.41, 5.74) is 0.589. The van der Waals surface area contributed by atoms with E-state index in [0.717, 1.165) is 5.75 Å². The van der Waals surface area contributed by atoms with Crippen molar-refractivity contribution in [1.29, 1.82) is 0 Å². The molecule has 0 amide bonds. The Bertz CT molecular complexity index is 500. The SMILES string of the molecule is C=CCOc1ccccc1[Si](CC)(CC)C1C=CC=C1. The minimum Gasteiger partial charge on any atom is -0.490 e. The molecule has 0 aliphatic heterocycles. The topological polar surface area (TPSA) is 9.23 Å². The Morgan fingerprint density at radius 1 is 1.15 bits per heavy atom. The Kier molecular flexibility index (Phi) is 5.02. The maximum absolute atomic E-state index is 5.92. The van der Waals surface area contributed by atoms with Gasteiger partial charge in [0.1, 0.15) is 20.4 Å². The molecule has 0 radical (unpaired) electrons. The van der Waals surface area contributed by atoms with Gasteiger partial charge in [-0.15, -0.1) is 0 Å². The average molecular weight is 284 g/mol. The fourth-order valence-corrected chi connectivity index (χ4v) is 7.83. The van der Waals surface area contributed by atoms with Crippen LogP contribution in [0.15, 0.2) is 61.2 Å². The van der Waals surface area contributed by atoms with E-state index >= 15 is 0 Å². The van der Waals surface area contributed by atoms with Crippen molar-refractivity contribution in [3.05, 3.63) is 61.2 Å². The lowest BCUT2D eigenvalue weighted by atomic mass is 10.3. The summed E-state index contributed by atoms with van der Waals surface area (Å²) in [5, 5.41) is 1.45. The molecule has 0 unspecified atom stereocenters. The Morgan fingerprint density at radius 3 is 2.40 bits per heavy atom. The highest BCUT2D eigenvalue weighted by atomic mass is 28.3. The van der Waals surface area contributed by atoms with E-state index in [4.69, 9.17) is 4.74 Å². The number of allylic oxidation sites excluding steroid dienone is 4. The third-order valence-corrected chi connectivity index (χ3v) is 10.1. The normalized spacial score (nSPS) is 14.7. The zero-order chi connectivity index (χ0) is 14.4. The first kappa shape index (κ1) is 14.9. The summed E-state index contributed by atoms with van der Waals surface area (Å²) in [7, 11) is -1.61. The zero-order valence-corrected chi connectivity index (χ0v) is 13.5. The second kappa shape index (κ2) is 6.75. The molecule has 0 saturated carbocycles. The first-order valence-electron chi connectivity index (χ1n) is 7.46. The van der Waals surface area contributed by atoms with Crippen LogP contribution in [0.4, 0.5) is 0 Å². The number of hydrogen-bond acceptors (Lipinski definition) is 1. The minimum absolute atomic E-state index is 0.575. The standard InChI is InChI=1S/C18H24OSi/c1-4-15-19-17-13-9-10-14-18(17)20(5-2,6-3)16-11-7-8-12-16/h4,7-14,16H,1,5-6,15H2,2-3H3. The highest BCUT2D eigenvalue weighted by molar-refractivity contribution is 6.94. The number of benzene rings is 1. The molecule has 0 aromatic heterocycles. The van der Waals surface area contributed by atoms with Crippen molar-refractivity contribution in [3.63, 3.8) is 0 Å². The fraction of sp³-hybridized carbons (Fsp3) is 0.333. The summed E-state index contributed by atoms with van der Waals surface area (Å²) in [5.74, 6) is 1.05. The Hall–Kier alpha value is -1.54. The van der Waals surface area contributed by atoms with E-state index in [1.54, 1.807) is 0 Å². The molecule has 1 aliphatic carbocycles. The van der Waals surface area contributed by atoms with Gasteiger partial charge in [-0.05, 0) is 16.8 Å². The summed E-state index contributed by atoms with van der Waals surface area (Å²) in [6.07, 6.45) is 10.9. The van der Waals surface area contributed by atoms with Crippen LogP contribution in [0.1, 0.15) is 13.8 Å². The molecule has 0 fully saturated rings. The summed E-state index contributed by atoms with van der Waals surface area (Å²) in [6, 6.07) is 11.1. The molecule has 2 heteroatoms. The van der Waals surface area contributed by atoms with E-state index in [2.05, 4.69) is 69.0 Å². The molecule has 106 valence electrons. The van der Waals surface area contributed by atoms with Crippen molar-refractivity contribution >= 4 is 13.3 Å². The summed E-state index contributed by atoms with van der Waals surface area (Å²) >= 11 is 0. The van der Waals surface area contributed by atoms with Gasteiger partial charge in [0.25, 0.3) is 0 Å². The molecule has 2 rings (SSSR count). The Morgan fingerprint density at radius 2 is 1.80 bits per heavy atom. The van der Waals surface area contributed by atoms with Crippen LogP contribution < -0.4 is 9.92 Å². The number of ether oxygens (including phenoxy) is 1. The molecule has 1 aromatic rings. The van der Waals surface area contributed by atoms with Gasteiger partial charge in [-0.25, -0.2) is 0 Å². The second-order valence-corrected chi connectivity index (χ2v) is 10.2. The maximum Gasteiger partial charge on any atom is 0.119 e. The molecule has 0 N–H and O–H groups in total. The van der Waals surface area contributed by atoms with Gasteiger partial charge >= 0.3 is 0 Å². The second-order valence-electron chi connectivity index (χ2n) is 5.25. The molecule has 1 aromatic carbocycles. The fourth-order valence-electron chi connectivity index (χ4n) is 3.23. The summed E-state index contributed by atoms with van der Waals surface area (Å²) in [4.78, 5) is 0. The van der Waals surface area contributed by atoms with Gasteiger partial charge in [0.15, 0.2) is 0 Å². The van der Waals surface area contributed by atoms with Crippen LogP contribution in [0.5, 0.6) is 5.75 Å². The first-order chi connectivity index (χ1) is 9.78. The average Bonchev–Trinajstić information content (AvgIpc) is 3.03. The van der Waals surface area contributed by atoms with E-state index in [-0.39, 0.29) is 0 Å². The molecule has 0 atom stereocenters. The van der Waals surface area contributed by atoms with Crippen LogP contribution in [-0.2, 0) is 0 Å². The van der Waals surface area contributed by atoms with Crippen molar-refractivity contribution in [3.8, 4) is 5.75 Å². The molecule has 20 heavy (non-hydrogen) atoms. The predicted molar refractivity (Wildman–Crippen MR) is 90.5 cm³/mol. The van der Waals surface area contributed by atoms with Gasteiger partial charge in [-0.2, -0.15) is 0 Å². The van der Waals surface area contributed by atoms with Crippen LogP contribution >= 0.6 is 0 Å². The van der Waals surface area contributed by atoms with Crippen molar-refractivity contribution < 1.29 is 4.74 Å². The quantitative estimate of drug-likeness (QED) is 0.531. The van der Waals surface area contributed by atoms with Gasteiger partial charge in [0.2, 0.25) is 0 Å². The van der Waals surface area contributed by atoms with E-state index in [0.29, 0.717) is 12.1 Å². The molecular weight excluding hydrogens is 260 g/mol.